The molecule has 0 unspecified atom stereocenters. The summed E-state index contributed by atoms with van der Waals surface area (Å²) in [7, 11) is 0. The first-order valence-electron chi connectivity index (χ1n) is 5.81. The fraction of sp³-hybridized carbons (Fsp3) is 0.0714. The topological polar surface area (TPSA) is 50.9 Å². The van der Waals surface area contributed by atoms with Gasteiger partial charge in [0.15, 0.2) is 5.13 Å². The number of hydrogen-bond donors (Lipinski definition) is 2. The van der Waals surface area contributed by atoms with Crippen LogP contribution in [0.2, 0.25) is 0 Å². The van der Waals surface area contributed by atoms with Crippen molar-refractivity contribution in [1.82, 2.24) is 4.98 Å². The van der Waals surface area contributed by atoms with Crippen molar-refractivity contribution < 1.29 is 0 Å². The lowest BCUT2D eigenvalue weighted by Gasteiger charge is -2.04. The lowest BCUT2D eigenvalue weighted by Crippen LogP contribution is -1.89. The molecule has 1 aromatic heterocycles. The summed E-state index contributed by atoms with van der Waals surface area (Å²) in [4.78, 5) is 4.54. The summed E-state index contributed by atoms with van der Waals surface area (Å²) in [6, 6.07) is 11.9. The maximum absolute atomic E-state index is 5.77. The fourth-order valence-corrected chi connectivity index (χ4v) is 3.10. The van der Waals surface area contributed by atoms with Crippen molar-refractivity contribution in [1.29, 1.82) is 0 Å². The third-order valence-corrected chi connectivity index (χ3v) is 4.62. The summed E-state index contributed by atoms with van der Waals surface area (Å²) >= 11 is 5.13. The first kappa shape index (κ1) is 12.4. The molecule has 0 aliphatic heterocycles. The number of rotatable bonds is 2. The molecule has 0 fully saturated rings. The van der Waals surface area contributed by atoms with Gasteiger partial charge in [-0.1, -0.05) is 33.3 Å². The summed E-state index contributed by atoms with van der Waals surface area (Å²) in [6.07, 6.45) is 0. The van der Waals surface area contributed by atoms with Gasteiger partial charge in [-0.15, -0.1) is 0 Å². The van der Waals surface area contributed by atoms with E-state index in [9.17, 15) is 0 Å². The van der Waals surface area contributed by atoms with Gasteiger partial charge in [0, 0.05) is 15.8 Å². The predicted octanol–water partition coefficient (Wildman–Crippen LogP) is 4.69. The first-order valence-corrected chi connectivity index (χ1v) is 7.42. The molecule has 0 aliphatic rings. The highest BCUT2D eigenvalue weighted by Crippen LogP contribution is 2.30. The Bertz CT molecular complexity index is 752. The van der Waals surface area contributed by atoms with Crippen molar-refractivity contribution in [3.05, 3.63) is 46.4 Å². The molecule has 2 aromatic carbocycles. The standard InChI is InChI=1S/C14H12BrN3S/c1-8-2-4-10(7-11(8)15)17-14-18-12-5-3-9(16)6-13(12)19-14/h2-7H,16H2,1H3,(H,17,18). The predicted molar refractivity (Wildman–Crippen MR) is 86.2 cm³/mol. The van der Waals surface area contributed by atoms with Gasteiger partial charge >= 0.3 is 0 Å². The molecule has 0 amide bonds. The Morgan fingerprint density at radius 2 is 2.05 bits per heavy atom. The highest BCUT2D eigenvalue weighted by Gasteiger charge is 2.05. The van der Waals surface area contributed by atoms with Gasteiger partial charge < -0.3 is 11.1 Å². The minimum Gasteiger partial charge on any atom is -0.399 e. The van der Waals surface area contributed by atoms with Crippen molar-refractivity contribution in [3.63, 3.8) is 0 Å². The Hall–Kier alpha value is -1.59. The zero-order valence-electron chi connectivity index (χ0n) is 10.3. The van der Waals surface area contributed by atoms with E-state index in [0.717, 1.165) is 31.2 Å². The van der Waals surface area contributed by atoms with E-state index in [1.165, 1.54) is 5.56 Å². The molecule has 0 spiro atoms. The van der Waals surface area contributed by atoms with Gasteiger partial charge in [-0.2, -0.15) is 0 Å². The second kappa shape index (κ2) is 4.83. The van der Waals surface area contributed by atoms with Gasteiger partial charge in [0.25, 0.3) is 0 Å². The van der Waals surface area contributed by atoms with Gasteiger partial charge in [-0.3, -0.25) is 0 Å². The van der Waals surface area contributed by atoms with Crippen molar-refractivity contribution >= 4 is 54.0 Å². The summed E-state index contributed by atoms with van der Waals surface area (Å²) < 4.78 is 2.18. The van der Waals surface area contributed by atoms with Crippen LogP contribution in [0.15, 0.2) is 40.9 Å². The minimum atomic E-state index is 0.765. The first-order chi connectivity index (χ1) is 9.11. The van der Waals surface area contributed by atoms with Crippen molar-refractivity contribution in [2.75, 3.05) is 11.1 Å². The summed E-state index contributed by atoms with van der Waals surface area (Å²) in [5.41, 5.74) is 9.73. The number of benzene rings is 2. The monoisotopic (exact) mass is 333 g/mol. The molecule has 3 aromatic rings. The quantitative estimate of drug-likeness (QED) is 0.668. The number of thiazole rings is 1. The molecule has 96 valence electrons. The SMILES string of the molecule is Cc1ccc(Nc2nc3ccc(N)cc3s2)cc1Br. The lowest BCUT2D eigenvalue weighted by atomic mass is 10.2. The van der Waals surface area contributed by atoms with Gasteiger partial charge in [-0.25, -0.2) is 4.98 Å². The molecule has 0 saturated heterocycles. The largest absolute Gasteiger partial charge is 0.399 e. The van der Waals surface area contributed by atoms with Crippen LogP contribution in [0.4, 0.5) is 16.5 Å². The Morgan fingerprint density at radius 1 is 1.21 bits per heavy atom. The molecule has 0 saturated carbocycles. The smallest absolute Gasteiger partial charge is 0.188 e. The number of nitrogens with two attached hydrogens (primary N) is 1. The average Bonchev–Trinajstić information content (AvgIpc) is 2.75. The van der Waals surface area contributed by atoms with E-state index < -0.39 is 0 Å². The zero-order valence-corrected chi connectivity index (χ0v) is 12.7. The molecular formula is C14H12BrN3S. The summed E-state index contributed by atoms with van der Waals surface area (Å²) in [5.74, 6) is 0. The molecule has 5 heteroatoms. The highest BCUT2D eigenvalue weighted by molar-refractivity contribution is 9.10. The normalized spacial score (nSPS) is 10.8. The number of anilines is 3. The second-order valence-corrected chi connectivity index (χ2v) is 6.22. The van der Waals surface area contributed by atoms with Crippen LogP contribution in [0.5, 0.6) is 0 Å². The number of aromatic nitrogens is 1. The number of halogens is 1. The lowest BCUT2D eigenvalue weighted by molar-refractivity contribution is 1.40. The Kier molecular flexibility index (Phi) is 3.16. The van der Waals surface area contributed by atoms with E-state index in [4.69, 9.17) is 5.73 Å². The molecule has 3 rings (SSSR count). The number of nitrogens with one attached hydrogen (secondary N) is 1. The molecule has 0 bridgehead atoms. The van der Waals surface area contributed by atoms with Crippen LogP contribution in [0, 0.1) is 6.92 Å². The molecule has 1 heterocycles. The van der Waals surface area contributed by atoms with E-state index in [2.05, 4.69) is 45.3 Å². The number of nitrogens with zero attached hydrogens (tertiary/aromatic N) is 1. The number of nitrogen functional groups attached to an aromatic ring is 1. The third-order valence-electron chi connectivity index (χ3n) is 2.84. The van der Waals surface area contributed by atoms with E-state index in [1.54, 1.807) is 11.3 Å². The van der Waals surface area contributed by atoms with E-state index in [-0.39, 0.29) is 0 Å². The van der Waals surface area contributed by atoms with Gasteiger partial charge in [0.05, 0.1) is 10.2 Å². The molecule has 19 heavy (non-hydrogen) atoms. The Balaban J connectivity index is 1.94. The summed E-state index contributed by atoms with van der Waals surface area (Å²) in [5, 5.41) is 4.19. The van der Waals surface area contributed by atoms with Gasteiger partial charge in [0.1, 0.15) is 0 Å². The Labute approximate surface area is 123 Å². The minimum absolute atomic E-state index is 0.765. The fourth-order valence-electron chi connectivity index (χ4n) is 1.79. The second-order valence-electron chi connectivity index (χ2n) is 4.34. The molecular weight excluding hydrogens is 322 g/mol. The van der Waals surface area contributed by atoms with Crippen LogP contribution in [0.25, 0.3) is 10.2 Å². The van der Waals surface area contributed by atoms with Crippen LogP contribution in [-0.2, 0) is 0 Å². The van der Waals surface area contributed by atoms with Crippen LogP contribution in [0.1, 0.15) is 5.56 Å². The third kappa shape index (κ3) is 2.57. The average molecular weight is 334 g/mol. The maximum atomic E-state index is 5.77. The molecule has 0 radical (unpaired) electrons. The molecule has 3 N–H and O–H groups in total. The van der Waals surface area contributed by atoms with Crippen LogP contribution in [0.3, 0.4) is 0 Å². The van der Waals surface area contributed by atoms with Crippen molar-refractivity contribution in [2.45, 2.75) is 6.92 Å². The number of hydrogen-bond acceptors (Lipinski definition) is 4. The van der Waals surface area contributed by atoms with Crippen LogP contribution in [-0.4, -0.2) is 4.98 Å². The van der Waals surface area contributed by atoms with Crippen molar-refractivity contribution in [3.8, 4) is 0 Å². The van der Waals surface area contributed by atoms with Crippen LogP contribution < -0.4 is 11.1 Å². The Morgan fingerprint density at radius 3 is 2.84 bits per heavy atom. The van der Waals surface area contributed by atoms with Crippen LogP contribution >= 0.6 is 27.3 Å². The highest BCUT2D eigenvalue weighted by atomic mass is 79.9. The molecule has 3 nitrogen and oxygen atoms in total. The maximum Gasteiger partial charge on any atom is 0.188 e. The molecule has 0 atom stereocenters. The number of fused-ring (bicyclic) bond motifs is 1. The zero-order chi connectivity index (χ0) is 13.4. The van der Waals surface area contributed by atoms with E-state index in [0.29, 0.717) is 0 Å². The van der Waals surface area contributed by atoms with E-state index >= 15 is 0 Å². The van der Waals surface area contributed by atoms with Crippen molar-refractivity contribution in [2.24, 2.45) is 0 Å². The van der Waals surface area contributed by atoms with E-state index in [1.807, 2.05) is 24.3 Å². The number of aryl methyl sites for hydroxylation is 1. The van der Waals surface area contributed by atoms with Gasteiger partial charge in [0.2, 0.25) is 0 Å². The van der Waals surface area contributed by atoms with Gasteiger partial charge in [-0.05, 0) is 42.8 Å². The molecule has 0 aliphatic carbocycles. The summed E-state index contributed by atoms with van der Waals surface area (Å²) in [6.45, 7) is 2.06.